The number of benzene rings is 2. The lowest BCUT2D eigenvalue weighted by atomic mass is 10.1. The fraction of sp³-hybridized carbons (Fsp3) is 0.350. The van der Waals surface area contributed by atoms with Gasteiger partial charge >= 0.3 is 0 Å². The molecule has 2 rings (SSSR count). The first-order chi connectivity index (χ1) is 11.6. The van der Waals surface area contributed by atoms with Crippen LogP contribution in [0.15, 0.2) is 48.5 Å². The lowest BCUT2D eigenvalue weighted by Gasteiger charge is -2.13. The van der Waals surface area contributed by atoms with Crippen LogP contribution in [0.4, 0.5) is 0 Å². The fourth-order valence-corrected chi connectivity index (χ4v) is 2.54. The minimum absolute atomic E-state index is 0.00980. The summed E-state index contributed by atoms with van der Waals surface area (Å²) in [6.45, 7) is 3.90. The number of hydrogen-bond acceptors (Lipinski definition) is 2. The zero-order valence-electron chi connectivity index (χ0n) is 14.8. The Kier molecular flexibility index (Phi) is 6.82. The minimum Gasteiger partial charge on any atom is -0.493 e. The van der Waals surface area contributed by atoms with Gasteiger partial charge in [0, 0.05) is 12.1 Å². The summed E-state index contributed by atoms with van der Waals surface area (Å²) < 4.78 is 5.67. The summed E-state index contributed by atoms with van der Waals surface area (Å²) in [6.07, 6.45) is 0.357. The van der Waals surface area contributed by atoms with Crippen LogP contribution in [0.1, 0.15) is 23.1 Å². The standard InChI is InChI=1S/C20H26N2O2/c1-16-8-4-7-11-19(16)24-13-12-20(23)21-14-17-9-5-6-10-18(17)15-22(2)3/h4-11H,12-15H2,1-3H3,(H,21,23)/p+1. The molecule has 0 aliphatic rings. The number of para-hydroxylation sites is 1. The largest absolute Gasteiger partial charge is 0.493 e. The fourth-order valence-electron chi connectivity index (χ4n) is 2.54. The van der Waals surface area contributed by atoms with E-state index in [1.54, 1.807) is 0 Å². The van der Waals surface area contributed by atoms with Crippen molar-refractivity contribution in [1.29, 1.82) is 0 Å². The second-order valence-corrected chi connectivity index (χ2v) is 6.29. The summed E-state index contributed by atoms with van der Waals surface area (Å²) in [6, 6.07) is 16.1. The normalized spacial score (nSPS) is 10.7. The lowest BCUT2D eigenvalue weighted by Crippen LogP contribution is -3.04. The molecule has 24 heavy (non-hydrogen) atoms. The average Bonchev–Trinajstić information content (AvgIpc) is 2.55. The number of amides is 1. The number of hydrogen-bond donors (Lipinski definition) is 2. The topological polar surface area (TPSA) is 42.8 Å². The van der Waals surface area contributed by atoms with E-state index in [0.717, 1.165) is 17.9 Å². The van der Waals surface area contributed by atoms with Gasteiger partial charge in [0.25, 0.3) is 0 Å². The maximum Gasteiger partial charge on any atom is 0.223 e. The first kappa shape index (κ1) is 18.0. The Morgan fingerprint density at radius 3 is 2.42 bits per heavy atom. The number of carbonyl (C=O) groups excluding carboxylic acids is 1. The van der Waals surface area contributed by atoms with Gasteiger partial charge in [-0.25, -0.2) is 0 Å². The van der Waals surface area contributed by atoms with Gasteiger partial charge in [-0.15, -0.1) is 0 Å². The van der Waals surface area contributed by atoms with Crippen molar-refractivity contribution < 1.29 is 14.4 Å². The Bertz CT molecular complexity index is 668. The maximum absolute atomic E-state index is 12.0. The summed E-state index contributed by atoms with van der Waals surface area (Å²) in [5, 5.41) is 2.99. The van der Waals surface area contributed by atoms with Crippen LogP contribution in [0, 0.1) is 6.92 Å². The molecule has 0 atom stereocenters. The molecule has 0 bridgehead atoms. The molecule has 0 heterocycles. The summed E-state index contributed by atoms with van der Waals surface area (Å²) in [4.78, 5) is 13.4. The van der Waals surface area contributed by atoms with E-state index in [0.29, 0.717) is 19.6 Å². The highest BCUT2D eigenvalue weighted by atomic mass is 16.5. The Morgan fingerprint density at radius 2 is 1.71 bits per heavy atom. The van der Waals surface area contributed by atoms with E-state index in [9.17, 15) is 4.79 Å². The van der Waals surface area contributed by atoms with E-state index in [2.05, 4.69) is 31.5 Å². The van der Waals surface area contributed by atoms with Crippen LogP contribution in [-0.4, -0.2) is 26.6 Å². The van der Waals surface area contributed by atoms with Crippen molar-refractivity contribution in [1.82, 2.24) is 5.32 Å². The minimum atomic E-state index is 0.00980. The molecule has 0 saturated carbocycles. The molecule has 0 spiro atoms. The first-order valence-corrected chi connectivity index (χ1v) is 8.37. The van der Waals surface area contributed by atoms with Gasteiger partial charge in [-0.05, 0) is 24.1 Å². The third-order valence-electron chi connectivity index (χ3n) is 3.82. The van der Waals surface area contributed by atoms with E-state index in [1.165, 1.54) is 16.0 Å². The highest BCUT2D eigenvalue weighted by Gasteiger charge is 2.07. The molecule has 0 unspecified atom stereocenters. The number of aryl methyl sites for hydroxylation is 1. The third-order valence-corrected chi connectivity index (χ3v) is 3.82. The zero-order chi connectivity index (χ0) is 17.4. The molecular weight excluding hydrogens is 300 g/mol. The molecule has 0 aromatic heterocycles. The summed E-state index contributed by atoms with van der Waals surface area (Å²) in [7, 11) is 4.25. The predicted octanol–water partition coefficient (Wildman–Crippen LogP) is 1.72. The number of nitrogens with one attached hydrogen (secondary N) is 2. The predicted molar refractivity (Wildman–Crippen MR) is 96.1 cm³/mol. The van der Waals surface area contributed by atoms with Crippen LogP contribution in [0.5, 0.6) is 5.75 Å². The Balaban J connectivity index is 1.78. The third kappa shape index (κ3) is 5.70. The van der Waals surface area contributed by atoms with E-state index in [4.69, 9.17) is 4.74 Å². The van der Waals surface area contributed by atoms with Crippen molar-refractivity contribution in [3.63, 3.8) is 0 Å². The van der Waals surface area contributed by atoms with E-state index >= 15 is 0 Å². The van der Waals surface area contributed by atoms with Crippen molar-refractivity contribution in [3.8, 4) is 5.75 Å². The SMILES string of the molecule is Cc1ccccc1OCCC(=O)NCc1ccccc1C[NH+](C)C. The monoisotopic (exact) mass is 327 g/mol. The van der Waals surface area contributed by atoms with Gasteiger partial charge in [0.2, 0.25) is 5.91 Å². The first-order valence-electron chi connectivity index (χ1n) is 8.37. The van der Waals surface area contributed by atoms with Crippen molar-refractivity contribution in [2.24, 2.45) is 0 Å². The molecule has 1 amide bonds. The highest BCUT2D eigenvalue weighted by molar-refractivity contribution is 5.76. The molecule has 0 saturated heterocycles. The molecular formula is C20H27N2O2+. The van der Waals surface area contributed by atoms with Gasteiger partial charge in [-0.1, -0.05) is 42.5 Å². The van der Waals surface area contributed by atoms with Gasteiger partial charge in [-0.2, -0.15) is 0 Å². The Hall–Kier alpha value is -2.33. The molecule has 2 N–H and O–H groups in total. The van der Waals surface area contributed by atoms with Crippen LogP contribution in [0.2, 0.25) is 0 Å². The van der Waals surface area contributed by atoms with Crippen LogP contribution in [0.3, 0.4) is 0 Å². The van der Waals surface area contributed by atoms with Crippen LogP contribution in [0.25, 0.3) is 0 Å². The van der Waals surface area contributed by atoms with Crippen molar-refractivity contribution in [2.45, 2.75) is 26.4 Å². The number of ether oxygens (including phenoxy) is 1. The average molecular weight is 327 g/mol. The van der Waals surface area contributed by atoms with Gasteiger partial charge in [0.05, 0.1) is 27.1 Å². The Labute approximate surface area is 144 Å². The van der Waals surface area contributed by atoms with Crippen molar-refractivity contribution >= 4 is 5.91 Å². The van der Waals surface area contributed by atoms with Gasteiger partial charge < -0.3 is 15.0 Å². The maximum atomic E-state index is 12.0. The van der Waals surface area contributed by atoms with E-state index in [1.807, 2.05) is 43.3 Å². The van der Waals surface area contributed by atoms with E-state index < -0.39 is 0 Å². The molecule has 128 valence electrons. The molecule has 2 aromatic rings. The van der Waals surface area contributed by atoms with E-state index in [-0.39, 0.29) is 5.91 Å². The Morgan fingerprint density at radius 1 is 1.04 bits per heavy atom. The number of carbonyl (C=O) groups is 1. The quantitative estimate of drug-likeness (QED) is 0.775. The molecule has 2 aromatic carbocycles. The summed E-state index contributed by atoms with van der Waals surface area (Å²) in [5.74, 6) is 0.847. The number of quaternary nitrogens is 1. The smallest absolute Gasteiger partial charge is 0.223 e. The molecule has 0 fully saturated rings. The van der Waals surface area contributed by atoms with Crippen LogP contribution in [-0.2, 0) is 17.9 Å². The summed E-state index contributed by atoms with van der Waals surface area (Å²) >= 11 is 0. The molecule has 4 nitrogen and oxygen atoms in total. The molecule has 0 aliphatic heterocycles. The second kappa shape index (κ2) is 9.08. The van der Waals surface area contributed by atoms with Crippen molar-refractivity contribution in [3.05, 3.63) is 65.2 Å². The number of rotatable bonds is 8. The van der Waals surface area contributed by atoms with Crippen LogP contribution < -0.4 is 15.0 Å². The molecule has 4 heteroatoms. The summed E-state index contributed by atoms with van der Waals surface area (Å²) in [5.41, 5.74) is 3.53. The second-order valence-electron chi connectivity index (χ2n) is 6.29. The van der Waals surface area contributed by atoms with Crippen LogP contribution >= 0.6 is 0 Å². The molecule has 0 radical (unpaired) electrons. The van der Waals surface area contributed by atoms with Gasteiger partial charge in [-0.3, -0.25) is 4.79 Å². The van der Waals surface area contributed by atoms with Crippen molar-refractivity contribution in [2.75, 3.05) is 20.7 Å². The zero-order valence-corrected chi connectivity index (χ0v) is 14.8. The molecule has 0 aliphatic carbocycles. The lowest BCUT2D eigenvalue weighted by molar-refractivity contribution is -0.872. The highest BCUT2D eigenvalue weighted by Crippen LogP contribution is 2.16. The van der Waals surface area contributed by atoms with Gasteiger partial charge in [0.1, 0.15) is 12.3 Å². The van der Waals surface area contributed by atoms with Gasteiger partial charge in [0.15, 0.2) is 0 Å².